The second-order valence-electron chi connectivity index (χ2n) is 8.85. The maximum absolute atomic E-state index is 13.5. The third-order valence-electron chi connectivity index (χ3n) is 6.01. The van der Waals surface area contributed by atoms with Crippen LogP contribution in [0.15, 0.2) is 54.6 Å². The molecule has 32 heavy (non-hydrogen) atoms. The van der Waals surface area contributed by atoms with Gasteiger partial charge in [0.1, 0.15) is 0 Å². The topological polar surface area (TPSA) is 59.8 Å². The van der Waals surface area contributed by atoms with Gasteiger partial charge in [-0.05, 0) is 68.0 Å². The number of anilines is 1. The summed E-state index contributed by atoms with van der Waals surface area (Å²) in [6.45, 7) is 6.80. The molecule has 5 nitrogen and oxygen atoms in total. The van der Waals surface area contributed by atoms with E-state index in [-0.39, 0.29) is 5.91 Å². The average molecular weight is 425 g/mol. The van der Waals surface area contributed by atoms with Crippen molar-refractivity contribution in [3.8, 4) is 0 Å². The number of hydrogen-bond donors (Lipinski definition) is 1. The van der Waals surface area contributed by atoms with Crippen LogP contribution in [0.4, 0.5) is 5.69 Å². The fourth-order valence-electron chi connectivity index (χ4n) is 4.36. The maximum Gasteiger partial charge on any atom is 0.256 e. The summed E-state index contributed by atoms with van der Waals surface area (Å²) in [6, 6.07) is 18.4. The van der Waals surface area contributed by atoms with E-state index in [2.05, 4.69) is 30.4 Å². The molecular formula is C27H28N4O. The normalized spacial score (nSPS) is 13.5. The Kier molecular flexibility index (Phi) is 5.25. The molecule has 0 spiro atoms. The van der Waals surface area contributed by atoms with Crippen LogP contribution in [0.1, 0.15) is 64.1 Å². The first-order chi connectivity index (χ1) is 15.5. The Hall–Kier alpha value is -3.47. The van der Waals surface area contributed by atoms with Gasteiger partial charge in [0.05, 0.1) is 23.2 Å². The van der Waals surface area contributed by atoms with Gasteiger partial charge in [0, 0.05) is 17.3 Å². The van der Waals surface area contributed by atoms with Crippen molar-refractivity contribution in [1.29, 1.82) is 0 Å². The van der Waals surface area contributed by atoms with Gasteiger partial charge in [-0.15, -0.1) is 0 Å². The Balaban J connectivity index is 1.62. The van der Waals surface area contributed by atoms with E-state index in [1.54, 1.807) is 0 Å². The number of nitrogens with one attached hydrogen (secondary N) is 1. The van der Waals surface area contributed by atoms with Crippen LogP contribution >= 0.6 is 0 Å². The minimum absolute atomic E-state index is 0.0988. The summed E-state index contributed by atoms with van der Waals surface area (Å²) < 4.78 is 1.98. The van der Waals surface area contributed by atoms with Gasteiger partial charge in [0.25, 0.3) is 5.91 Å². The number of carbonyl (C=O) groups excluding carboxylic acids is 1. The molecule has 5 rings (SSSR count). The van der Waals surface area contributed by atoms with Crippen LogP contribution in [0, 0.1) is 13.8 Å². The van der Waals surface area contributed by atoms with E-state index in [4.69, 9.17) is 10.1 Å². The van der Waals surface area contributed by atoms with Crippen LogP contribution in [-0.4, -0.2) is 20.7 Å². The van der Waals surface area contributed by atoms with E-state index in [0.29, 0.717) is 18.0 Å². The summed E-state index contributed by atoms with van der Waals surface area (Å²) in [5, 5.41) is 9.00. The monoisotopic (exact) mass is 424 g/mol. The van der Waals surface area contributed by atoms with Crippen LogP contribution in [0.2, 0.25) is 0 Å². The predicted octanol–water partition coefficient (Wildman–Crippen LogP) is 5.79. The summed E-state index contributed by atoms with van der Waals surface area (Å²) in [4.78, 5) is 18.4. The number of nitrogens with zero attached hydrogens (tertiary/aromatic N) is 3. The number of amides is 1. The molecule has 2 aromatic carbocycles. The molecule has 1 saturated carbocycles. The Labute approximate surface area is 188 Å². The van der Waals surface area contributed by atoms with E-state index < -0.39 is 0 Å². The van der Waals surface area contributed by atoms with Crippen LogP contribution in [0.3, 0.4) is 0 Å². The smallest absolute Gasteiger partial charge is 0.256 e. The Morgan fingerprint density at radius 3 is 2.44 bits per heavy atom. The quantitative estimate of drug-likeness (QED) is 0.426. The maximum atomic E-state index is 13.5. The second-order valence-corrected chi connectivity index (χ2v) is 8.85. The van der Waals surface area contributed by atoms with E-state index in [1.165, 1.54) is 5.56 Å². The van der Waals surface area contributed by atoms with Crippen molar-refractivity contribution in [2.75, 3.05) is 5.32 Å². The predicted molar refractivity (Wildman–Crippen MR) is 128 cm³/mol. The van der Waals surface area contributed by atoms with Crippen molar-refractivity contribution in [2.45, 2.75) is 52.5 Å². The molecule has 0 atom stereocenters. The third kappa shape index (κ3) is 4.03. The summed E-state index contributed by atoms with van der Waals surface area (Å²) in [5.41, 5.74) is 7.64. The molecule has 4 aromatic rings. The minimum atomic E-state index is -0.0988. The van der Waals surface area contributed by atoms with Crippen molar-refractivity contribution in [2.24, 2.45) is 0 Å². The first-order valence-corrected chi connectivity index (χ1v) is 11.4. The summed E-state index contributed by atoms with van der Waals surface area (Å²) >= 11 is 0. The van der Waals surface area contributed by atoms with E-state index >= 15 is 0 Å². The number of aryl methyl sites for hydroxylation is 3. The summed E-state index contributed by atoms with van der Waals surface area (Å²) in [5.74, 6) is 0.315. The summed E-state index contributed by atoms with van der Waals surface area (Å²) in [6.07, 6.45) is 2.99. The van der Waals surface area contributed by atoms with Crippen molar-refractivity contribution in [3.63, 3.8) is 0 Å². The minimum Gasteiger partial charge on any atom is -0.322 e. The van der Waals surface area contributed by atoms with Gasteiger partial charge in [0.15, 0.2) is 5.65 Å². The number of pyridine rings is 1. The molecule has 1 N–H and O–H groups in total. The summed E-state index contributed by atoms with van der Waals surface area (Å²) in [7, 11) is 0. The molecule has 1 amide bonds. The number of rotatable bonds is 6. The van der Waals surface area contributed by atoms with Crippen LogP contribution in [0.5, 0.6) is 0 Å². The lowest BCUT2D eigenvalue weighted by Gasteiger charge is -2.11. The third-order valence-corrected chi connectivity index (χ3v) is 6.01. The van der Waals surface area contributed by atoms with Gasteiger partial charge in [-0.2, -0.15) is 5.10 Å². The molecule has 1 aliphatic rings. The standard InChI is InChI=1S/C27H28N4O/c1-4-21-15-23(27(32)29-22-13-17(2)12-18(3)14-22)24-25(20-10-11-20)30-31(26(24)28-21)16-19-8-6-5-7-9-19/h5-9,12-15,20H,4,10-11,16H2,1-3H3,(H,29,32). The van der Waals surface area contributed by atoms with Gasteiger partial charge in [-0.3, -0.25) is 4.79 Å². The second kappa shape index (κ2) is 8.23. The van der Waals surface area contributed by atoms with Crippen molar-refractivity contribution < 1.29 is 4.79 Å². The molecule has 1 fully saturated rings. The number of carbonyl (C=O) groups is 1. The molecule has 0 unspecified atom stereocenters. The molecule has 2 heterocycles. The van der Waals surface area contributed by atoms with Gasteiger partial charge in [-0.1, -0.05) is 43.3 Å². The number of hydrogen-bond acceptors (Lipinski definition) is 3. The number of benzene rings is 2. The zero-order chi connectivity index (χ0) is 22.2. The zero-order valence-corrected chi connectivity index (χ0v) is 18.9. The lowest BCUT2D eigenvalue weighted by Crippen LogP contribution is -2.14. The molecule has 5 heteroatoms. The highest BCUT2D eigenvalue weighted by Gasteiger charge is 2.32. The number of aromatic nitrogens is 3. The highest BCUT2D eigenvalue weighted by atomic mass is 16.1. The molecule has 2 aromatic heterocycles. The molecule has 0 bridgehead atoms. The highest BCUT2D eigenvalue weighted by molar-refractivity contribution is 6.13. The molecule has 0 saturated heterocycles. The highest BCUT2D eigenvalue weighted by Crippen LogP contribution is 2.43. The van der Waals surface area contributed by atoms with E-state index in [9.17, 15) is 4.79 Å². The first kappa shape index (κ1) is 20.4. The molecule has 162 valence electrons. The largest absolute Gasteiger partial charge is 0.322 e. The van der Waals surface area contributed by atoms with Crippen molar-refractivity contribution in [3.05, 3.63) is 88.2 Å². The van der Waals surface area contributed by atoms with Crippen LogP contribution in [0.25, 0.3) is 11.0 Å². The van der Waals surface area contributed by atoms with E-state index in [0.717, 1.165) is 58.5 Å². The number of fused-ring (bicyclic) bond motifs is 1. The van der Waals surface area contributed by atoms with Crippen molar-refractivity contribution >= 4 is 22.6 Å². The fourth-order valence-corrected chi connectivity index (χ4v) is 4.36. The Morgan fingerprint density at radius 2 is 1.78 bits per heavy atom. The van der Waals surface area contributed by atoms with Crippen molar-refractivity contribution in [1.82, 2.24) is 14.8 Å². The average Bonchev–Trinajstić information content (AvgIpc) is 3.55. The molecule has 0 aliphatic heterocycles. The Bertz CT molecular complexity index is 1280. The molecular weight excluding hydrogens is 396 g/mol. The molecule has 1 aliphatic carbocycles. The lowest BCUT2D eigenvalue weighted by atomic mass is 10.0. The fraction of sp³-hybridized carbons (Fsp3) is 0.296. The zero-order valence-electron chi connectivity index (χ0n) is 18.9. The van der Waals surface area contributed by atoms with E-state index in [1.807, 2.05) is 54.9 Å². The lowest BCUT2D eigenvalue weighted by molar-refractivity contribution is 0.102. The van der Waals surface area contributed by atoms with Gasteiger partial charge >= 0.3 is 0 Å². The Morgan fingerprint density at radius 1 is 1.06 bits per heavy atom. The molecule has 0 radical (unpaired) electrons. The van der Waals surface area contributed by atoms with Crippen LogP contribution in [-0.2, 0) is 13.0 Å². The van der Waals surface area contributed by atoms with Gasteiger partial charge in [-0.25, -0.2) is 9.67 Å². The first-order valence-electron chi connectivity index (χ1n) is 11.4. The SMILES string of the molecule is CCc1cc(C(=O)Nc2cc(C)cc(C)c2)c2c(C3CC3)nn(Cc3ccccc3)c2n1. The van der Waals surface area contributed by atoms with Crippen LogP contribution < -0.4 is 5.32 Å². The van der Waals surface area contributed by atoms with Gasteiger partial charge < -0.3 is 5.32 Å². The van der Waals surface area contributed by atoms with Gasteiger partial charge in [0.2, 0.25) is 0 Å².